The molecule has 2 amide bonds. The molecule has 0 radical (unpaired) electrons. The highest BCUT2D eigenvalue weighted by molar-refractivity contribution is 5.94. The van der Waals surface area contributed by atoms with Crippen molar-refractivity contribution in [3.63, 3.8) is 0 Å². The Morgan fingerprint density at radius 3 is 2.78 bits per heavy atom. The van der Waals surface area contributed by atoms with Crippen LogP contribution in [-0.2, 0) is 4.79 Å². The number of aromatic nitrogens is 1. The zero-order chi connectivity index (χ0) is 13.1. The van der Waals surface area contributed by atoms with Crippen LogP contribution < -0.4 is 10.6 Å². The van der Waals surface area contributed by atoms with E-state index in [1.807, 2.05) is 0 Å². The van der Waals surface area contributed by atoms with Crippen LogP contribution in [0, 0.1) is 0 Å². The molecule has 1 aliphatic carbocycles. The van der Waals surface area contributed by atoms with Gasteiger partial charge in [-0.25, -0.2) is 13.8 Å². The SMILES string of the molecule is O=CNc1cnc(C(=O)NC2CC2)c(C(F)F)c1. The molecule has 96 valence electrons. The zero-order valence-corrected chi connectivity index (χ0v) is 9.32. The first-order valence-corrected chi connectivity index (χ1v) is 5.41. The van der Waals surface area contributed by atoms with Crippen molar-refractivity contribution in [3.05, 3.63) is 23.5 Å². The minimum atomic E-state index is -2.83. The predicted molar refractivity (Wildman–Crippen MR) is 59.4 cm³/mol. The van der Waals surface area contributed by atoms with E-state index in [2.05, 4.69) is 15.6 Å². The molecule has 0 atom stereocenters. The first kappa shape index (κ1) is 12.4. The van der Waals surface area contributed by atoms with Crippen molar-refractivity contribution in [1.82, 2.24) is 10.3 Å². The molecule has 1 heterocycles. The monoisotopic (exact) mass is 255 g/mol. The van der Waals surface area contributed by atoms with Crippen molar-refractivity contribution in [2.75, 3.05) is 5.32 Å². The van der Waals surface area contributed by atoms with Crippen molar-refractivity contribution in [3.8, 4) is 0 Å². The highest BCUT2D eigenvalue weighted by Crippen LogP contribution is 2.25. The van der Waals surface area contributed by atoms with Crippen LogP contribution in [0.2, 0.25) is 0 Å². The van der Waals surface area contributed by atoms with E-state index in [0.717, 1.165) is 18.9 Å². The number of anilines is 1. The summed E-state index contributed by atoms with van der Waals surface area (Å²) in [5, 5.41) is 4.81. The van der Waals surface area contributed by atoms with Gasteiger partial charge >= 0.3 is 0 Å². The number of nitrogens with zero attached hydrogens (tertiary/aromatic N) is 1. The summed E-state index contributed by atoms with van der Waals surface area (Å²) in [6.45, 7) is 0. The van der Waals surface area contributed by atoms with Crippen molar-refractivity contribution in [2.24, 2.45) is 0 Å². The minimum Gasteiger partial charge on any atom is -0.348 e. The molecule has 18 heavy (non-hydrogen) atoms. The van der Waals surface area contributed by atoms with Crippen LogP contribution in [0.4, 0.5) is 14.5 Å². The number of hydrogen-bond acceptors (Lipinski definition) is 3. The van der Waals surface area contributed by atoms with Gasteiger partial charge in [0.2, 0.25) is 6.41 Å². The first-order valence-electron chi connectivity index (χ1n) is 5.41. The Balaban J connectivity index is 2.26. The lowest BCUT2D eigenvalue weighted by molar-refractivity contribution is -0.105. The van der Waals surface area contributed by atoms with Crippen LogP contribution in [0.5, 0.6) is 0 Å². The topological polar surface area (TPSA) is 71.1 Å². The molecule has 1 fully saturated rings. The van der Waals surface area contributed by atoms with E-state index >= 15 is 0 Å². The quantitative estimate of drug-likeness (QED) is 0.783. The first-order chi connectivity index (χ1) is 8.61. The average Bonchev–Trinajstić information content (AvgIpc) is 3.13. The third-order valence-corrected chi connectivity index (χ3v) is 2.51. The fraction of sp³-hybridized carbons (Fsp3) is 0.364. The number of carbonyl (C=O) groups excluding carboxylic acids is 2. The Morgan fingerprint density at radius 2 is 2.22 bits per heavy atom. The van der Waals surface area contributed by atoms with E-state index in [-0.39, 0.29) is 17.4 Å². The second-order valence-electron chi connectivity index (χ2n) is 3.97. The van der Waals surface area contributed by atoms with E-state index in [0.29, 0.717) is 6.41 Å². The second-order valence-corrected chi connectivity index (χ2v) is 3.97. The third kappa shape index (κ3) is 2.79. The predicted octanol–water partition coefficient (Wildman–Crippen LogP) is 1.48. The van der Waals surface area contributed by atoms with Gasteiger partial charge in [-0.2, -0.15) is 0 Å². The highest BCUT2D eigenvalue weighted by Gasteiger charge is 2.27. The van der Waals surface area contributed by atoms with Gasteiger partial charge < -0.3 is 10.6 Å². The molecule has 1 aromatic heterocycles. The van der Waals surface area contributed by atoms with Crippen molar-refractivity contribution < 1.29 is 18.4 Å². The third-order valence-electron chi connectivity index (χ3n) is 2.51. The molecular formula is C11H11F2N3O2. The van der Waals surface area contributed by atoms with E-state index < -0.39 is 17.9 Å². The largest absolute Gasteiger partial charge is 0.348 e. The molecule has 0 aliphatic heterocycles. The molecule has 0 spiro atoms. The molecule has 2 rings (SSSR count). The summed E-state index contributed by atoms with van der Waals surface area (Å²) in [5.41, 5.74) is -0.656. The van der Waals surface area contributed by atoms with Crippen molar-refractivity contribution in [2.45, 2.75) is 25.3 Å². The summed E-state index contributed by atoms with van der Waals surface area (Å²) in [4.78, 5) is 25.6. The van der Waals surface area contributed by atoms with E-state index in [1.54, 1.807) is 0 Å². The normalized spacial score (nSPS) is 14.4. The summed E-state index contributed by atoms with van der Waals surface area (Å²) in [6, 6.07) is 1.12. The lowest BCUT2D eigenvalue weighted by Gasteiger charge is -2.09. The number of amides is 2. The van der Waals surface area contributed by atoms with Gasteiger partial charge in [0.05, 0.1) is 17.4 Å². The van der Waals surface area contributed by atoms with Gasteiger partial charge in [0, 0.05) is 6.04 Å². The smallest absolute Gasteiger partial charge is 0.270 e. The number of halogens is 2. The lowest BCUT2D eigenvalue weighted by atomic mass is 10.1. The molecule has 0 saturated heterocycles. The maximum absolute atomic E-state index is 12.8. The van der Waals surface area contributed by atoms with Gasteiger partial charge in [-0.05, 0) is 18.9 Å². The number of rotatable bonds is 5. The summed E-state index contributed by atoms with van der Waals surface area (Å²) in [5.74, 6) is -0.606. The molecule has 1 aromatic rings. The van der Waals surface area contributed by atoms with Gasteiger partial charge in [0.25, 0.3) is 12.3 Å². The average molecular weight is 255 g/mol. The second kappa shape index (κ2) is 5.07. The fourth-order valence-corrected chi connectivity index (χ4v) is 1.47. The maximum atomic E-state index is 12.8. The van der Waals surface area contributed by atoms with Gasteiger partial charge in [0.15, 0.2) is 0 Å². The Labute approximate surface area is 102 Å². The van der Waals surface area contributed by atoms with Crippen LogP contribution in [0.15, 0.2) is 12.3 Å². The lowest BCUT2D eigenvalue weighted by Crippen LogP contribution is -2.27. The summed E-state index contributed by atoms with van der Waals surface area (Å²) >= 11 is 0. The number of nitrogens with one attached hydrogen (secondary N) is 2. The van der Waals surface area contributed by atoms with E-state index in [4.69, 9.17) is 0 Å². The van der Waals surface area contributed by atoms with E-state index in [1.165, 1.54) is 6.20 Å². The molecule has 2 N–H and O–H groups in total. The molecular weight excluding hydrogens is 244 g/mol. The fourth-order valence-electron chi connectivity index (χ4n) is 1.47. The number of carbonyl (C=O) groups is 2. The number of pyridine rings is 1. The molecule has 7 heteroatoms. The summed E-state index contributed by atoms with van der Waals surface area (Å²) < 4.78 is 25.7. The Morgan fingerprint density at radius 1 is 1.50 bits per heavy atom. The standard InChI is InChI=1S/C11H11F2N3O2/c12-10(13)8-3-7(15-5-17)4-14-9(8)11(18)16-6-1-2-6/h3-6,10H,1-2H2,(H,15,17)(H,16,18). The van der Waals surface area contributed by atoms with Crippen molar-refractivity contribution >= 4 is 18.0 Å². The zero-order valence-electron chi connectivity index (χ0n) is 9.32. The molecule has 5 nitrogen and oxygen atoms in total. The van der Waals surface area contributed by atoms with Crippen LogP contribution in [0.25, 0.3) is 0 Å². The molecule has 0 unspecified atom stereocenters. The Hall–Kier alpha value is -2.05. The van der Waals surface area contributed by atoms with Crippen LogP contribution in [0.3, 0.4) is 0 Å². The maximum Gasteiger partial charge on any atom is 0.270 e. The van der Waals surface area contributed by atoms with Gasteiger partial charge in [-0.3, -0.25) is 9.59 Å². The highest BCUT2D eigenvalue weighted by atomic mass is 19.3. The summed E-state index contributed by atoms with van der Waals surface area (Å²) in [6.07, 6.45) is 0.421. The van der Waals surface area contributed by atoms with Gasteiger partial charge in [-0.15, -0.1) is 0 Å². The van der Waals surface area contributed by atoms with Crippen LogP contribution in [-0.4, -0.2) is 23.3 Å². The number of alkyl halides is 2. The number of hydrogen-bond donors (Lipinski definition) is 2. The van der Waals surface area contributed by atoms with E-state index in [9.17, 15) is 18.4 Å². The van der Waals surface area contributed by atoms with Crippen LogP contribution in [0.1, 0.15) is 35.3 Å². The van der Waals surface area contributed by atoms with Crippen molar-refractivity contribution in [1.29, 1.82) is 0 Å². The molecule has 1 saturated carbocycles. The molecule has 1 aliphatic rings. The molecule has 0 bridgehead atoms. The molecule has 0 aromatic carbocycles. The summed E-state index contributed by atoms with van der Waals surface area (Å²) in [7, 11) is 0. The minimum absolute atomic E-state index is 0.0672. The van der Waals surface area contributed by atoms with Gasteiger partial charge in [0.1, 0.15) is 5.69 Å². The Bertz CT molecular complexity index is 475. The Kier molecular flexibility index (Phi) is 3.50. The van der Waals surface area contributed by atoms with Crippen LogP contribution >= 0.6 is 0 Å². The van der Waals surface area contributed by atoms with Gasteiger partial charge in [-0.1, -0.05) is 0 Å².